The van der Waals surface area contributed by atoms with Gasteiger partial charge in [-0.05, 0) is 13.3 Å². The molecule has 6 heteroatoms. The lowest BCUT2D eigenvalue weighted by molar-refractivity contribution is -0.122. The van der Waals surface area contributed by atoms with E-state index < -0.39 is 0 Å². The fourth-order valence-electron chi connectivity index (χ4n) is 2.82. The van der Waals surface area contributed by atoms with Gasteiger partial charge in [0.05, 0.1) is 6.04 Å². The Bertz CT molecular complexity index is 348. The zero-order valence-electron chi connectivity index (χ0n) is 11.8. The lowest BCUT2D eigenvalue weighted by Crippen LogP contribution is -2.50. The Morgan fingerprint density at radius 1 is 1.58 bits per heavy atom. The minimum Gasteiger partial charge on any atom is -0.352 e. The summed E-state index contributed by atoms with van der Waals surface area (Å²) in [5.41, 5.74) is 0. The van der Waals surface area contributed by atoms with Crippen molar-refractivity contribution in [3.63, 3.8) is 0 Å². The largest absolute Gasteiger partial charge is 0.352 e. The topological polar surface area (TPSA) is 64.7 Å². The molecule has 2 N–H and O–H groups in total. The smallest absolute Gasteiger partial charge is 0.320 e. The number of carbonyl (C=O) groups is 2. The van der Waals surface area contributed by atoms with E-state index in [0.29, 0.717) is 6.54 Å². The maximum atomic E-state index is 12.1. The van der Waals surface area contributed by atoms with Gasteiger partial charge in [-0.25, -0.2) is 4.79 Å². The van der Waals surface area contributed by atoms with Gasteiger partial charge in [0, 0.05) is 32.2 Å². The quantitative estimate of drug-likeness (QED) is 0.738. The van der Waals surface area contributed by atoms with Crippen LogP contribution in [0.2, 0.25) is 0 Å². The van der Waals surface area contributed by atoms with E-state index in [1.807, 2.05) is 11.8 Å². The van der Waals surface area contributed by atoms with Crippen LogP contribution in [-0.2, 0) is 4.79 Å². The molecule has 0 spiro atoms. The van der Waals surface area contributed by atoms with E-state index in [-0.39, 0.29) is 30.6 Å². The third-order valence-electron chi connectivity index (χ3n) is 3.76. The van der Waals surface area contributed by atoms with Crippen molar-refractivity contribution in [3.8, 4) is 0 Å². The third kappa shape index (κ3) is 3.37. The van der Waals surface area contributed by atoms with Crippen LogP contribution in [-0.4, -0.2) is 66.5 Å². The van der Waals surface area contributed by atoms with E-state index in [4.69, 9.17) is 0 Å². The van der Waals surface area contributed by atoms with Gasteiger partial charge < -0.3 is 20.4 Å². The molecule has 19 heavy (non-hydrogen) atoms. The van der Waals surface area contributed by atoms with E-state index in [1.54, 1.807) is 4.90 Å². The average molecular weight is 268 g/mol. The second-order valence-electron chi connectivity index (χ2n) is 5.47. The van der Waals surface area contributed by atoms with E-state index in [0.717, 1.165) is 32.5 Å². The molecule has 0 bridgehead atoms. The number of piperazine rings is 1. The standard InChI is InChI=1S/C13H24N4O2/c1-3-4-10(2)15-12(18)9-16-8-11-7-14-5-6-17(11)13(16)19/h10-11,14H,3-9H2,1-2H3,(H,15,18). The Hall–Kier alpha value is -1.30. The van der Waals surface area contributed by atoms with Gasteiger partial charge in [0.1, 0.15) is 6.54 Å². The van der Waals surface area contributed by atoms with Crippen LogP contribution in [0.4, 0.5) is 4.79 Å². The molecular formula is C13H24N4O2. The van der Waals surface area contributed by atoms with Gasteiger partial charge in [-0.3, -0.25) is 4.79 Å². The molecular weight excluding hydrogens is 244 g/mol. The first-order valence-electron chi connectivity index (χ1n) is 7.17. The lowest BCUT2D eigenvalue weighted by Gasteiger charge is -2.28. The highest BCUT2D eigenvalue weighted by atomic mass is 16.2. The van der Waals surface area contributed by atoms with Crippen molar-refractivity contribution in [2.24, 2.45) is 0 Å². The predicted octanol–water partition coefficient (Wildman–Crippen LogP) is 0.000600. The molecule has 2 atom stereocenters. The molecule has 2 aliphatic rings. The van der Waals surface area contributed by atoms with Crippen molar-refractivity contribution >= 4 is 11.9 Å². The summed E-state index contributed by atoms with van der Waals surface area (Å²) in [6.07, 6.45) is 2.02. The molecule has 0 radical (unpaired) electrons. The molecule has 0 saturated carbocycles. The van der Waals surface area contributed by atoms with E-state index in [9.17, 15) is 9.59 Å². The van der Waals surface area contributed by atoms with Crippen molar-refractivity contribution in [1.29, 1.82) is 0 Å². The van der Waals surface area contributed by atoms with Gasteiger partial charge in [0.2, 0.25) is 5.91 Å². The average Bonchev–Trinajstić information content (AvgIpc) is 2.67. The first-order valence-corrected chi connectivity index (χ1v) is 7.17. The summed E-state index contributed by atoms with van der Waals surface area (Å²) in [4.78, 5) is 27.6. The zero-order chi connectivity index (χ0) is 13.8. The second kappa shape index (κ2) is 6.23. The summed E-state index contributed by atoms with van der Waals surface area (Å²) in [7, 11) is 0. The number of nitrogens with zero attached hydrogens (tertiary/aromatic N) is 2. The second-order valence-corrected chi connectivity index (χ2v) is 5.47. The summed E-state index contributed by atoms with van der Waals surface area (Å²) >= 11 is 0. The van der Waals surface area contributed by atoms with Crippen molar-refractivity contribution in [3.05, 3.63) is 0 Å². The Kier molecular flexibility index (Phi) is 4.63. The number of nitrogens with one attached hydrogen (secondary N) is 2. The summed E-state index contributed by atoms with van der Waals surface area (Å²) in [6, 6.07) is 0.409. The number of rotatable bonds is 5. The number of amides is 3. The fourth-order valence-corrected chi connectivity index (χ4v) is 2.82. The zero-order valence-corrected chi connectivity index (χ0v) is 11.8. The van der Waals surface area contributed by atoms with E-state index in [1.165, 1.54) is 0 Å². The predicted molar refractivity (Wildman–Crippen MR) is 72.8 cm³/mol. The maximum Gasteiger partial charge on any atom is 0.320 e. The SMILES string of the molecule is CCCC(C)NC(=O)CN1CC2CNCCN2C1=O. The van der Waals surface area contributed by atoms with Crippen LogP contribution in [0.3, 0.4) is 0 Å². The van der Waals surface area contributed by atoms with Gasteiger partial charge >= 0.3 is 6.03 Å². The van der Waals surface area contributed by atoms with Crippen molar-refractivity contribution in [2.45, 2.75) is 38.8 Å². The van der Waals surface area contributed by atoms with Gasteiger partial charge in [-0.15, -0.1) is 0 Å². The highest BCUT2D eigenvalue weighted by Gasteiger charge is 2.38. The van der Waals surface area contributed by atoms with Crippen LogP contribution >= 0.6 is 0 Å². The lowest BCUT2D eigenvalue weighted by atomic mass is 10.2. The summed E-state index contributed by atoms with van der Waals surface area (Å²) in [6.45, 7) is 7.35. The molecule has 0 aliphatic carbocycles. The van der Waals surface area contributed by atoms with Crippen molar-refractivity contribution < 1.29 is 9.59 Å². The van der Waals surface area contributed by atoms with E-state index >= 15 is 0 Å². The Morgan fingerprint density at radius 2 is 2.37 bits per heavy atom. The molecule has 108 valence electrons. The maximum absolute atomic E-state index is 12.1. The molecule has 6 nitrogen and oxygen atoms in total. The first-order chi connectivity index (χ1) is 9.11. The summed E-state index contributed by atoms with van der Waals surface area (Å²) in [5, 5.41) is 6.22. The third-order valence-corrected chi connectivity index (χ3v) is 3.76. The molecule has 0 aromatic heterocycles. The highest BCUT2D eigenvalue weighted by Crippen LogP contribution is 2.16. The van der Waals surface area contributed by atoms with Crippen LogP contribution in [0.5, 0.6) is 0 Å². The normalized spacial score (nSPS) is 24.3. The summed E-state index contributed by atoms with van der Waals surface area (Å²) < 4.78 is 0. The van der Waals surface area contributed by atoms with Gasteiger partial charge in [-0.2, -0.15) is 0 Å². The van der Waals surface area contributed by atoms with Crippen LogP contribution in [0, 0.1) is 0 Å². The monoisotopic (exact) mass is 268 g/mol. The number of urea groups is 1. The minimum absolute atomic E-state index is 0.00444. The van der Waals surface area contributed by atoms with Crippen LogP contribution in [0.25, 0.3) is 0 Å². The fraction of sp³-hybridized carbons (Fsp3) is 0.846. The molecule has 2 rings (SSSR count). The first kappa shape index (κ1) is 14.1. The van der Waals surface area contributed by atoms with Crippen LogP contribution in [0.1, 0.15) is 26.7 Å². The Labute approximate surface area is 114 Å². The van der Waals surface area contributed by atoms with Gasteiger partial charge in [0.15, 0.2) is 0 Å². The molecule has 0 aromatic rings. The Balaban J connectivity index is 1.82. The summed E-state index contributed by atoms with van der Waals surface area (Å²) in [5.74, 6) is -0.0536. The van der Waals surface area contributed by atoms with Crippen LogP contribution in [0.15, 0.2) is 0 Å². The number of hydrogen-bond acceptors (Lipinski definition) is 3. The van der Waals surface area contributed by atoms with Gasteiger partial charge in [0.25, 0.3) is 0 Å². The van der Waals surface area contributed by atoms with Crippen molar-refractivity contribution in [2.75, 3.05) is 32.7 Å². The molecule has 0 aromatic carbocycles. The number of fused-ring (bicyclic) bond motifs is 1. The highest BCUT2D eigenvalue weighted by molar-refractivity contribution is 5.85. The molecule has 3 amide bonds. The van der Waals surface area contributed by atoms with Crippen molar-refractivity contribution in [1.82, 2.24) is 20.4 Å². The minimum atomic E-state index is -0.0536. The van der Waals surface area contributed by atoms with E-state index in [2.05, 4.69) is 17.6 Å². The molecule has 2 unspecified atom stereocenters. The molecule has 2 heterocycles. The molecule has 2 fully saturated rings. The molecule has 2 saturated heterocycles. The Morgan fingerprint density at radius 3 is 3.05 bits per heavy atom. The number of carbonyl (C=O) groups excluding carboxylic acids is 2. The van der Waals surface area contributed by atoms with Crippen LogP contribution < -0.4 is 10.6 Å². The molecule has 2 aliphatic heterocycles. The number of hydrogen-bond donors (Lipinski definition) is 2. The van der Waals surface area contributed by atoms with Gasteiger partial charge in [-0.1, -0.05) is 13.3 Å².